The van der Waals surface area contributed by atoms with Crippen molar-refractivity contribution in [1.29, 1.82) is 0 Å². The summed E-state index contributed by atoms with van der Waals surface area (Å²) in [6.07, 6.45) is 0. The lowest BCUT2D eigenvalue weighted by Gasteiger charge is -1.92. The second-order valence-electron chi connectivity index (χ2n) is 0.902. The van der Waals surface area contributed by atoms with Crippen molar-refractivity contribution in [3.05, 3.63) is 0 Å². The van der Waals surface area contributed by atoms with Gasteiger partial charge in [-0.05, 0) is 6.92 Å². The molecule has 0 aliphatic rings. The van der Waals surface area contributed by atoms with E-state index in [1.807, 2.05) is 0 Å². The van der Waals surface area contributed by atoms with Crippen LogP contribution in [-0.4, -0.2) is 25.1 Å². The maximum Gasteiger partial charge on any atom is 0.424 e. The maximum atomic E-state index is 9.60. The third kappa shape index (κ3) is 26.0. The molecule has 0 aromatic carbocycles. The van der Waals surface area contributed by atoms with Crippen LogP contribution in [0.1, 0.15) is 6.92 Å². The van der Waals surface area contributed by atoms with E-state index in [4.69, 9.17) is 4.55 Å². The SMILES string of the molecule is CCOOS(=O)(=O)O.N.N.O. The van der Waals surface area contributed by atoms with E-state index in [9.17, 15) is 8.42 Å². The fraction of sp³-hybridized carbons (Fsp3) is 1.00. The van der Waals surface area contributed by atoms with Crippen LogP contribution < -0.4 is 12.3 Å². The van der Waals surface area contributed by atoms with E-state index in [0.717, 1.165) is 0 Å². The highest BCUT2D eigenvalue weighted by Gasteiger charge is 2.02. The second kappa shape index (κ2) is 9.71. The summed E-state index contributed by atoms with van der Waals surface area (Å²) in [5.74, 6) is 0. The third-order valence-electron chi connectivity index (χ3n) is 0.252. The predicted octanol–water partition coefficient (Wildman–Crippen LogP) is -0.743. The molecule has 0 fully saturated rings. The molecule has 0 unspecified atom stereocenters. The summed E-state index contributed by atoms with van der Waals surface area (Å²) < 4.78 is 30.4. The quantitative estimate of drug-likeness (QED) is 0.301. The van der Waals surface area contributed by atoms with Gasteiger partial charge < -0.3 is 17.8 Å². The van der Waals surface area contributed by atoms with Gasteiger partial charge in [-0.15, -0.1) is 0 Å². The van der Waals surface area contributed by atoms with Gasteiger partial charge in [0.15, 0.2) is 0 Å². The molecule has 0 bridgehead atoms. The van der Waals surface area contributed by atoms with Gasteiger partial charge in [-0.1, -0.05) is 4.33 Å². The highest BCUT2D eigenvalue weighted by atomic mass is 32.3. The average Bonchev–Trinajstić information content (AvgIpc) is 1.59. The Morgan fingerprint density at radius 2 is 1.73 bits per heavy atom. The molecule has 0 radical (unpaired) electrons. The molecule has 0 amide bonds. The molecule has 9 N–H and O–H groups in total. The Balaban J connectivity index is -0.0000000817. The van der Waals surface area contributed by atoms with Gasteiger partial charge in [-0.25, -0.2) is 4.89 Å². The van der Waals surface area contributed by atoms with Crippen molar-refractivity contribution in [3.8, 4) is 0 Å². The van der Waals surface area contributed by atoms with E-state index in [1.165, 1.54) is 6.92 Å². The van der Waals surface area contributed by atoms with Gasteiger partial charge in [0.05, 0.1) is 6.61 Å². The van der Waals surface area contributed by atoms with Crippen LogP contribution in [0.25, 0.3) is 0 Å². The molecule has 0 aliphatic carbocycles. The van der Waals surface area contributed by atoms with E-state index in [-0.39, 0.29) is 24.4 Å². The molecule has 9 heteroatoms. The smallest absolute Gasteiger partial charge is 0.412 e. The number of hydrogen-bond acceptors (Lipinski definition) is 6. The molecule has 11 heavy (non-hydrogen) atoms. The molecule has 0 aliphatic heterocycles. The molecule has 0 aromatic heterocycles. The van der Waals surface area contributed by atoms with Gasteiger partial charge in [0.2, 0.25) is 0 Å². The van der Waals surface area contributed by atoms with E-state index in [0.29, 0.717) is 0 Å². The molecular weight excluding hydrogens is 180 g/mol. The summed E-state index contributed by atoms with van der Waals surface area (Å²) >= 11 is 0. The largest absolute Gasteiger partial charge is 0.424 e. The standard InChI is InChI=1S/C2H6O5S.2H3N.H2O/c1-2-6-7-8(3,4)5;;;/h2H2,1H3,(H,3,4,5);2*1H3;1H2. The van der Waals surface area contributed by atoms with Gasteiger partial charge in [0.1, 0.15) is 0 Å². The first kappa shape index (κ1) is 22.4. The Hall–Kier alpha value is -0.290. The molecule has 8 nitrogen and oxygen atoms in total. The monoisotopic (exact) mass is 194 g/mol. The van der Waals surface area contributed by atoms with Crippen molar-refractivity contribution in [2.24, 2.45) is 0 Å². The zero-order chi connectivity index (χ0) is 6.62. The van der Waals surface area contributed by atoms with Crippen molar-refractivity contribution in [3.63, 3.8) is 0 Å². The molecule has 0 atom stereocenters. The fourth-order valence-electron chi connectivity index (χ4n) is 0.109. The summed E-state index contributed by atoms with van der Waals surface area (Å²) in [6.45, 7) is 1.59. The highest BCUT2D eigenvalue weighted by molar-refractivity contribution is 7.80. The second-order valence-corrected chi connectivity index (χ2v) is 1.89. The van der Waals surface area contributed by atoms with E-state index >= 15 is 0 Å². The van der Waals surface area contributed by atoms with Crippen LogP contribution in [0.4, 0.5) is 0 Å². The predicted molar refractivity (Wildman–Crippen MR) is 37.9 cm³/mol. The normalized spacial score (nSPS) is 8.55. The molecule has 0 saturated carbocycles. The first-order chi connectivity index (χ1) is 3.56. The Morgan fingerprint density at radius 1 is 1.36 bits per heavy atom. The molecule has 0 spiro atoms. The lowest BCUT2D eigenvalue weighted by atomic mass is 10.9. The van der Waals surface area contributed by atoms with Crippen molar-refractivity contribution >= 4 is 10.4 Å². The minimum absolute atomic E-state index is 0. The third-order valence-corrected chi connectivity index (χ3v) is 0.520. The van der Waals surface area contributed by atoms with Crippen LogP contribution >= 0.6 is 0 Å². The van der Waals surface area contributed by atoms with Crippen LogP contribution in [0.3, 0.4) is 0 Å². The van der Waals surface area contributed by atoms with Crippen LogP contribution in [0.15, 0.2) is 0 Å². The molecular formula is C2H14N2O6S. The topological polar surface area (TPSA) is 174 Å². The van der Waals surface area contributed by atoms with E-state index < -0.39 is 10.4 Å². The van der Waals surface area contributed by atoms with Crippen LogP contribution in [-0.2, 0) is 19.6 Å². The Morgan fingerprint density at radius 3 is 1.82 bits per heavy atom. The summed E-state index contributed by atoms with van der Waals surface area (Å²) in [5, 5.41) is 0. The highest BCUT2D eigenvalue weighted by Crippen LogP contribution is 1.85. The van der Waals surface area contributed by atoms with Crippen LogP contribution in [0.2, 0.25) is 0 Å². The van der Waals surface area contributed by atoms with Crippen molar-refractivity contribution in [2.45, 2.75) is 6.92 Å². The summed E-state index contributed by atoms with van der Waals surface area (Å²) in [7, 11) is -4.41. The van der Waals surface area contributed by atoms with Crippen LogP contribution in [0.5, 0.6) is 0 Å². The maximum absolute atomic E-state index is 9.60. The Labute approximate surface area is 64.9 Å². The van der Waals surface area contributed by atoms with Gasteiger partial charge >= 0.3 is 10.4 Å². The van der Waals surface area contributed by atoms with Crippen molar-refractivity contribution in [2.75, 3.05) is 6.61 Å². The minimum atomic E-state index is -4.41. The Bertz CT molecular complexity index is 143. The summed E-state index contributed by atoms with van der Waals surface area (Å²) in [4.78, 5) is 3.86. The van der Waals surface area contributed by atoms with Gasteiger partial charge in [-0.3, -0.25) is 4.55 Å². The first-order valence-electron chi connectivity index (χ1n) is 1.85. The van der Waals surface area contributed by atoms with E-state index in [1.54, 1.807) is 0 Å². The summed E-state index contributed by atoms with van der Waals surface area (Å²) in [6, 6.07) is 0. The number of hydrogen-bond donors (Lipinski definition) is 3. The minimum Gasteiger partial charge on any atom is -0.412 e. The van der Waals surface area contributed by atoms with Crippen molar-refractivity contribution < 1.29 is 27.7 Å². The molecule has 0 heterocycles. The van der Waals surface area contributed by atoms with Gasteiger partial charge in [0.25, 0.3) is 0 Å². The summed E-state index contributed by atoms with van der Waals surface area (Å²) in [5.41, 5.74) is 0. The van der Waals surface area contributed by atoms with Crippen LogP contribution in [0, 0.1) is 0 Å². The van der Waals surface area contributed by atoms with Crippen molar-refractivity contribution in [1.82, 2.24) is 12.3 Å². The zero-order valence-electron chi connectivity index (χ0n) is 6.11. The van der Waals surface area contributed by atoms with E-state index in [2.05, 4.69) is 9.22 Å². The fourth-order valence-corrected chi connectivity index (χ4v) is 0.327. The first-order valence-corrected chi connectivity index (χ1v) is 3.21. The lowest BCUT2D eigenvalue weighted by molar-refractivity contribution is -0.203. The van der Waals surface area contributed by atoms with Gasteiger partial charge in [0, 0.05) is 0 Å². The Kier molecular flexibility index (Phi) is 19.8. The number of rotatable bonds is 3. The molecule has 0 rings (SSSR count). The molecule has 74 valence electrons. The van der Waals surface area contributed by atoms with Gasteiger partial charge in [-0.2, -0.15) is 8.42 Å². The zero-order valence-corrected chi connectivity index (χ0v) is 6.93. The average molecular weight is 194 g/mol. The lowest BCUT2D eigenvalue weighted by Crippen LogP contribution is -2.03. The molecule has 0 aromatic rings. The molecule has 0 saturated heterocycles.